The Bertz CT molecular complexity index is 395. The molecular weight excluding hydrogens is 248 g/mol. The van der Waals surface area contributed by atoms with Crippen molar-refractivity contribution in [2.24, 2.45) is 0 Å². The zero-order valence-electron chi connectivity index (χ0n) is 11.4. The summed E-state index contributed by atoms with van der Waals surface area (Å²) in [6.07, 6.45) is 2.34. The topological polar surface area (TPSA) is 49.3 Å². The van der Waals surface area contributed by atoms with Crippen LogP contribution in [0.25, 0.3) is 0 Å². The lowest BCUT2D eigenvalue weighted by Gasteiger charge is -2.11. The first kappa shape index (κ1) is 14.8. The maximum atomic E-state index is 11.4. The molecule has 0 saturated carbocycles. The van der Waals surface area contributed by atoms with Gasteiger partial charge in [0.1, 0.15) is 0 Å². The highest BCUT2D eigenvalue weighted by molar-refractivity contribution is 7.98. The van der Waals surface area contributed by atoms with Crippen LogP contribution in [0.1, 0.15) is 12.1 Å². The molecule has 0 aromatic carbocycles. The average Bonchev–Trinajstić information content (AvgIpc) is 2.34. The third-order valence-electron chi connectivity index (χ3n) is 2.31. The lowest BCUT2D eigenvalue weighted by Crippen LogP contribution is -2.21. The van der Waals surface area contributed by atoms with Gasteiger partial charge in [0.05, 0.1) is 5.69 Å². The summed E-state index contributed by atoms with van der Waals surface area (Å²) in [5.74, 6) is 2.51. The van der Waals surface area contributed by atoms with E-state index in [4.69, 9.17) is 0 Å². The zero-order chi connectivity index (χ0) is 13.5. The van der Waals surface area contributed by atoms with E-state index in [1.54, 1.807) is 37.0 Å². The van der Waals surface area contributed by atoms with E-state index in [2.05, 4.69) is 9.97 Å². The van der Waals surface area contributed by atoms with Crippen molar-refractivity contribution in [3.8, 4) is 0 Å². The first-order valence-electron chi connectivity index (χ1n) is 5.78. The zero-order valence-corrected chi connectivity index (χ0v) is 12.2. The van der Waals surface area contributed by atoms with E-state index in [0.717, 1.165) is 23.1 Å². The molecular formula is C12H20N4OS. The molecule has 0 unspecified atom stereocenters. The number of rotatable bonds is 6. The molecule has 0 aliphatic rings. The fourth-order valence-electron chi connectivity index (χ4n) is 1.24. The smallest absolute Gasteiger partial charge is 0.225 e. The molecule has 0 saturated heterocycles. The Morgan fingerprint density at radius 1 is 1.33 bits per heavy atom. The number of aromatic nitrogens is 2. The maximum absolute atomic E-state index is 11.4. The van der Waals surface area contributed by atoms with E-state index in [9.17, 15) is 4.79 Å². The molecule has 0 aliphatic heterocycles. The Morgan fingerprint density at radius 2 is 2.06 bits per heavy atom. The van der Waals surface area contributed by atoms with Crippen LogP contribution in [0.15, 0.2) is 12.3 Å². The van der Waals surface area contributed by atoms with Crippen molar-refractivity contribution in [1.82, 2.24) is 14.9 Å². The third kappa shape index (κ3) is 4.91. The number of hydrogen-bond acceptors (Lipinski definition) is 5. The second-order valence-corrected chi connectivity index (χ2v) is 5.44. The molecule has 1 aromatic heterocycles. The number of hydrogen-bond donors (Lipinski definition) is 0. The van der Waals surface area contributed by atoms with Gasteiger partial charge in [-0.25, -0.2) is 9.97 Å². The Kier molecular flexibility index (Phi) is 5.91. The predicted octanol–water partition coefficient (Wildman–Crippen LogP) is 1.25. The highest BCUT2D eigenvalue weighted by Gasteiger charge is 2.05. The molecule has 1 aromatic rings. The lowest BCUT2D eigenvalue weighted by molar-refractivity contribution is -0.128. The van der Waals surface area contributed by atoms with Gasteiger partial charge in [-0.3, -0.25) is 4.79 Å². The van der Waals surface area contributed by atoms with Crippen molar-refractivity contribution in [2.75, 3.05) is 38.8 Å². The van der Waals surface area contributed by atoms with Crippen LogP contribution in [-0.4, -0.2) is 54.7 Å². The standard InChI is InChI=1S/C12H20N4OS/c1-15(2)11(17)6-8-18-9-10-5-7-13-12(14-10)16(3)4/h5,7H,6,8-9H2,1-4H3. The summed E-state index contributed by atoms with van der Waals surface area (Å²) in [5.41, 5.74) is 0.996. The third-order valence-corrected chi connectivity index (χ3v) is 3.30. The van der Waals surface area contributed by atoms with Crippen molar-refractivity contribution >= 4 is 23.6 Å². The molecule has 5 nitrogen and oxygen atoms in total. The first-order valence-corrected chi connectivity index (χ1v) is 6.93. The quantitative estimate of drug-likeness (QED) is 0.727. The predicted molar refractivity (Wildman–Crippen MR) is 75.8 cm³/mol. The van der Waals surface area contributed by atoms with Gasteiger partial charge >= 0.3 is 0 Å². The van der Waals surface area contributed by atoms with Crippen LogP contribution in [0.2, 0.25) is 0 Å². The van der Waals surface area contributed by atoms with Gasteiger partial charge in [-0.05, 0) is 6.07 Å². The van der Waals surface area contributed by atoms with Crippen LogP contribution in [0.4, 0.5) is 5.95 Å². The highest BCUT2D eigenvalue weighted by atomic mass is 32.2. The van der Waals surface area contributed by atoms with E-state index < -0.39 is 0 Å². The summed E-state index contributed by atoms with van der Waals surface area (Å²) in [4.78, 5) is 23.5. The van der Waals surface area contributed by atoms with Crippen molar-refractivity contribution in [2.45, 2.75) is 12.2 Å². The molecule has 0 N–H and O–H groups in total. The normalized spacial score (nSPS) is 10.2. The van der Waals surface area contributed by atoms with Crippen LogP contribution in [0.3, 0.4) is 0 Å². The number of anilines is 1. The van der Waals surface area contributed by atoms with Gasteiger partial charge < -0.3 is 9.80 Å². The van der Waals surface area contributed by atoms with Crippen molar-refractivity contribution < 1.29 is 4.79 Å². The lowest BCUT2D eigenvalue weighted by atomic mass is 10.4. The monoisotopic (exact) mass is 268 g/mol. The molecule has 0 radical (unpaired) electrons. The van der Waals surface area contributed by atoms with Gasteiger partial charge in [-0.15, -0.1) is 0 Å². The van der Waals surface area contributed by atoms with Gasteiger partial charge in [0.25, 0.3) is 0 Å². The van der Waals surface area contributed by atoms with Gasteiger partial charge in [0, 0.05) is 52.3 Å². The second-order valence-electron chi connectivity index (χ2n) is 4.33. The van der Waals surface area contributed by atoms with Crippen LogP contribution in [0, 0.1) is 0 Å². The summed E-state index contributed by atoms with van der Waals surface area (Å²) in [6.45, 7) is 0. The van der Waals surface area contributed by atoms with Crippen molar-refractivity contribution in [3.63, 3.8) is 0 Å². The maximum Gasteiger partial charge on any atom is 0.225 e. The van der Waals surface area contributed by atoms with Crippen molar-refractivity contribution in [1.29, 1.82) is 0 Å². The molecule has 18 heavy (non-hydrogen) atoms. The fourth-order valence-corrected chi connectivity index (χ4v) is 2.07. The Balaban J connectivity index is 2.35. The van der Waals surface area contributed by atoms with Gasteiger partial charge in [-0.1, -0.05) is 0 Å². The number of carbonyl (C=O) groups excluding carboxylic acids is 1. The van der Waals surface area contributed by atoms with E-state index in [-0.39, 0.29) is 5.91 Å². The highest BCUT2D eigenvalue weighted by Crippen LogP contribution is 2.13. The van der Waals surface area contributed by atoms with Gasteiger partial charge in [-0.2, -0.15) is 11.8 Å². The van der Waals surface area contributed by atoms with E-state index in [0.29, 0.717) is 6.42 Å². The van der Waals surface area contributed by atoms with E-state index >= 15 is 0 Å². The number of thioether (sulfide) groups is 1. The summed E-state index contributed by atoms with van der Waals surface area (Å²) in [5, 5.41) is 0. The van der Waals surface area contributed by atoms with E-state index in [1.165, 1.54) is 0 Å². The molecule has 0 spiro atoms. The molecule has 0 aliphatic carbocycles. The molecule has 1 amide bonds. The minimum atomic E-state index is 0.166. The summed E-state index contributed by atoms with van der Waals surface area (Å²) in [7, 11) is 7.39. The van der Waals surface area contributed by atoms with E-state index in [1.807, 2.05) is 25.1 Å². The summed E-state index contributed by atoms with van der Waals surface area (Å²) < 4.78 is 0. The molecule has 1 heterocycles. The Hall–Kier alpha value is -1.30. The molecule has 0 bridgehead atoms. The molecule has 0 fully saturated rings. The number of amides is 1. The first-order chi connectivity index (χ1) is 8.50. The molecule has 6 heteroatoms. The average molecular weight is 268 g/mol. The minimum absolute atomic E-state index is 0.166. The summed E-state index contributed by atoms with van der Waals surface area (Å²) >= 11 is 1.72. The largest absolute Gasteiger partial charge is 0.349 e. The van der Waals surface area contributed by atoms with Crippen LogP contribution in [0.5, 0.6) is 0 Å². The van der Waals surface area contributed by atoms with Gasteiger partial charge in [0.2, 0.25) is 11.9 Å². The van der Waals surface area contributed by atoms with Crippen LogP contribution < -0.4 is 4.90 Å². The van der Waals surface area contributed by atoms with Crippen molar-refractivity contribution in [3.05, 3.63) is 18.0 Å². The Morgan fingerprint density at radius 3 is 2.67 bits per heavy atom. The molecule has 1 rings (SSSR count). The minimum Gasteiger partial charge on any atom is -0.349 e. The summed E-state index contributed by atoms with van der Waals surface area (Å²) in [6, 6.07) is 1.91. The SMILES string of the molecule is CN(C)C(=O)CCSCc1ccnc(N(C)C)n1. The van der Waals surface area contributed by atoms with Crippen LogP contribution in [-0.2, 0) is 10.5 Å². The number of nitrogens with zero attached hydrogens (tertiary/aromatic N) is 4. The second kappa shape index (κ2) is 7.20. The molecule has 100 valence electrons. The fraction of sp³-hybridized carbons (Fsp3) is 0.583. The number of carbonyl (C=O) groups is 1. The Labute approximate surface area is 113 Å². The molecule has 0 atom stereocenters. The van der Waals surface area contributed by atoms with Crippen LogP contribution >= 0.6 is 11.8 Å². The van der Waals surface area contributed by atoms with Gasteiger partial charge in [0.15, 0.2) is 0 Å².